The van der Waals surface area contributed by atoms with E-state index in [1.807, 2.05) is 0 Å². The van der Waals surface area contributed by atoms with Gasteiger partial charge in [-0.25, -0.2) is 4.79 Å². The van der Waals surface area contributed by atoms with Crippen LogP contribution in [0.3, 0.4) is 0 Å². The summed E-state index contributed by atoms with van der Waals surface area (Å²) in [6, 6.07) is 0. The summed E-state index contributed by atoms with van der Waals surface area (Å²) in [4.78, 5) is 33.6. The Bertz CT molecular complexity index is 539. The van der Waals surface area contributed by atoms with Crippen molar-refractivity contribution in [2.45, 2.75) is 57.7 Å². The van der Waals surface area contributed by atoms with Crippen LogP contribution >= 0.6 is 0 Å². The summed E-state index contributed by atoms with van der Waals surface area (Å²) in [5.41, 5.74) is 0. The summed E-state index contributed by atoms with van der Waals surface area (Å²) in [6.45, 7) is 4.06. The molecular formula is C17H24O8. The molecule has 0 bridgehead atoms. The number of hydrogen-bond acceptors (Lipinski definition) is 8. The highest BCUT2D eigenvalue weighted by Gasteiger charge is 2.30. The van der Waals surface area contributed by atoms with Gasteiger partial charge < -0.3 is 24.1 Å². The summed E-state index contributed by atoms with van der Waals surface area (Å²) >= 11 is 0. The minimum atomic E-state index is -1.11. The average Bonchev–Trinajstić information content (AvgIpc) is 2.53. The molecule has 0 saturated heterocycles. The standard InChI is InChI=1S/C17H24O8/c1-10(23-11(2)18)13(24-12(3)19)8-9-14(22-4)17(21)15-6-5-7-16(20)25-15/h5,7-10,13-15,17,21H,6H2,1-4H3/b9-8+/t10-,13-,14+,15+,17-/m0/s1. The fourth-order valence-electron chi connectivity index (χ4n) is 2.32. The lowest BCUT2D eigenvalue weighted by atomic mass is 10.0. The van der Waals surface area contributed by atoms with Crippen LogP contribution in [-0.4, -0.2) is 60.6 Å². The number of methoxy groups -OCH3 is 1. The Morgan fingerprint density at radius 2 is 1.84 bits per heavy atom. The van der Waals surface area contributed by atoms with Crippen LogP contribution in [0.15, 0.2) is 24.3 Å². The van der Waals surface area contributed by atoms with E-state index in [4.69, 9.17) is 18.9 Å². The number of carbonyl (C=O) groups is 3. The molecule has 5 atom stereocenters. The molecule has 140 valence electrons. The Morgan fingerprint density at radius 1 is 1.24 bits per heavy atom. The molecule has 8 heteroatoms. The van der Waals surface area contributed by atoms with E-state index in [-0.39, 0.29) is 0 Å². The molecule has 25 heavy (non-hydrogen) atoms. The summed E-state index contributed by atoms with van der Waals surface area (Å²) in [6.07, 6.45) is 1.96. The van der Waals surface area contributed by atoms with Gasteiger partial charge in [0.25, 0.3) is 0 Å². The van der Waals surface area contributed by atoms with Crippen molar-refractivity contribution >= 4 is 17.9 Å². The van der Waals surface area contributed by atoms with Crippen molar-refractivity contribution in [3.8, 4) is 0 Å². The van der Waals surface area contributed by atoms with Crippen molar-refractivity contribution in [2.24, 2.45) is 0 Å². The number of ether oxygens (including phenoxy) is 4. The number of esters is 3. The summed E-state index contributed by atoms with van der Waals surface area (Å²) < 4.78 is 20.4. The van der Waals surface area contributed by atoms with Crippen LogP contribution in [0.25, 0.3) is 0 Å². The lowest BCUT2D eigenvalue weighted by molar-refractivity contribution is -0.160. The van der Waals surface area contributed by atoms with Crippen LogP contribution in [0.2, 0.25) is 0 Å². The van der Waals surface area contributed by atoms with Crippen molar-refractivity contribution in [2.75, 3.05) is 7.11 Å². The highest BCUT2D eigenvalue weighted by Crippen LogP contribution is 2.17. The van der Waals surface area contributed by atoms with Crippen LogP contribution < -0.4 is 0 Å². The molecule has 1 rings (SSSR count). The average molecular weight is 356 g/mol. The summed E-state index contributed by atoms with van der Waals surface area (Å²) in [5, 5.41) is 10.3. The Kier molecular flexibility index (Phi) is 8.30. The molecule has 0 saturated carbocycles. The number of hydrogen-bond donors (Lipinski definition) is 1. The Morgan fingerprint density at radius 3 is 2.36 bits per heavy atom. The van der Waals surface area contributed by atoms with E-state index in [0.29, 0.717) is 6.42 Å². The second-order valence-corrected chi connectivity index (χ2v) is 5.58. The molecule has 8 nitrogen and oxygen atoms in total. The van der Waals surface area contributed by atoms with Gasteiger partial charge in [-0.1, -0.05) is 12.2 Å². The highest BCUT2D eigenvalue weighted by atomic mass is 16.6. The Hall–Kier alpha value is -2.19. The predicted octanol–water partition coefficient (Wildman–Crippen LogP) is 0.673. The molecule has 1 aliphatic rings. The lowest BCUT2D eigenvalue weighted by Gasteiger charge is -2.28. The van der Waals surface area contributed by atoms with Gasteiger partial charge in [0.2, 0.25) is 0 Å². The van der Waals surface area contributed by atoms with Crippen molar-refractivity contribution in [1.29, 1.82) is 0 Å². The molecule has 0 aliphatic carbocycles. The van der Waals surface area contributed by atoms with Crippen LogP contribution in [0.1, 0.15) is 27.2 Å². The van der Waals surface area contributed by atoms with Gasteiger partial charge >= 0.3 is 17.9 Å². The largest absolute Gasteiger partial charge is 0.459 e. The lowest BCUT2D eigenvalue weighted by Crippen LogP contribution is -2.41. The van der Waals surface area contributed by atoms with Crippen molar-refractivity contribution < 1.29 is 38.4 Å². The SMILES string of the molecule is CO[C@H](/C=C/[C@H](OC(C)=O)[C@H](C)OC(C)=O)[C@H](O)[C@H]1CC=CC(=O)O1. The first-order valence-corrected chi connectivity index (χ1v) is 7.85. The number of aliphatic hydroxyl groups is 1. The number of aliphatic hydroxyl groups excluding tert-OH is 1. The molecule has 0 fully saturated rings. The first-order chi connectivity index (χ1) is 11.7. The maximum atomic E-state index is 11.3. The maximum Gasteiger partial charge on any atom is 0.330 e. The number of carbonyl (C=O) groups excluding carboxylic acids is 3. The second-order valence-electron chi connectivity index (χ2n) is 5.58. The number of rotatable bonds is 8. The molecule has 0 unspecified atom stereocenters. The molecule has 0 aromatic carbocycles. The predicted molar refractivity (Wildman–Crippen MR) is 86.4 cm³/mol. The van der Waals surface area contributed by atoms with Gasteiger partial charge in [0.1, 0.15) is 24.4 Å². The van der Waals surface area contributed by atoms with Gasteiger partial charge in [-0.15, -0.1) is 0 Å². The first-order valence-electron chi connectivity index (χ1n) is 7.85. The van der Waals surface area contributed by atoms with Crippen molar-refractivity contribution in [3.05, 3.63) is 24.3 Å². The normalized spacial score (nSPS) is 22.0. The van der Waals surface area contributed by atoms with E-state index in [9.17, 15) is 19.5 Å². The smallest absolute Gasteiger partial charge is 0.330 e. The van der Waals surface area contributed by atoms with Gasteiger partial charge in [0, 0.05) is 33.5 Å². The molecule has 0 radical (unpaired) electrons. The van der Waals surface area contributed by atoms with Crippen molar-refractivity contribution in [1.82, 2.24) is 0 Å². The van der Waals surface area contributed by atoms with Gasteiger partial charge in [0.15, 0.2) is 6.10 Å². The summed E-state index contributed by atoms with van der Waals surface area (Å²) in [7, 11) is 1.38. The Labute approximate surface area is 146 Å². The van der Waals surface area contributed by atoms with Gasteiger partial charge in [-0.2, -0.15) is 0 Å². The van der Waals surface area contributed by atoms with Crippen LogP contribution in [-0.2, 0) is 33.3 Å². The highest BCUT2D eigenvalue weighted by molar-refractivity contribution is 5.82. The quantitative estimate of drug-likeness (QED) is 0.384. The van der Waals surface area contributed by atoms with E-state index >= 15 is 0 Å². The van der Waals surface area contributed by atoms with E-state index in [2.05, 4.69) is 0 Å². The van der Waals surface area contributed by atoms with E-state index in [0.717, 1.165) is 0 Å². The van der Waals surface area contributed by atoms with Crippen LogP contribution in [0.4, 0.5) is 0 Å². The molecule has 0 amide bonds. The maximum absolute atomic E-state index is 11.3. The van der Waals surface area contributed by atoms with Gasteiger partial charge in [0.05, 0.1) is 0 Å². The molecule has 1 aliphatic heterocycles. The molecule has 0 spiro atoms. The zero-order valence-electron chi connectivity index (χ0n) is 14.7. The molecular weight excluding hydrogens is 332 g/mol. The van der Waals surface area contributed by atoms with E-state index in [1.54, 1.807) is 13.0 Å². The third-order valence-electron chi connectivity index (χ3n) is 3.49. The molecule has 0 aromatic heterocycles. The fraction of sp³-hybridized carbons (Fsp3) is 0.588. The molecule has 1 N–H and O–H groups in total. The van der Waals surface area contributed by atoms with Gasteiger partial charge in [-0.3, -0.25) is 9.59 Å². The van der Waals surface area contributed by atoms with Crippen LogP contribution in [0.5, 0.6) is 0 Å². The topological polar surface area (TPSA) is 108 Å². The van der Waals surface area contributed by atoms with Gasteiger partial charge in [-0.05, 0) is 13.0 Å². The first kappa shape index (κ1) is 20.9. The zero-order valence-corrected chi connectivity index (χ0v) is 14.7. The van der Waals surface area contributed by atoms with E-state index < -0.39 is 48.4 Å². The third kappa shape index (κ3) is 7.06. The fourth-order valence-corrected chi connectivity index (χ4v) is 2.32. The monoisotopic (exact) mass is 356 g/mol. The minimum absolute atomic E-state index is 0.359. The Balaban J connectivity index is 2.82. The molecule has 0 aromatic rings. The third-order valence-corrected chi connectivity index (χ3v) is 3.49. The van der Waals surface area contributed by atoms with Crippen molar-refractivity contribution in [3.63, 3.8) is 0 Å². The summed E-state index contributed by atoms with van der Waals surface area (Å²) in [5.74, 6) is -1.59. The van der Waals surface area contributed by atoms with Crippen LogP contribution in [0, 0.1) is 0 Å². The second kappa shape index (κ2) is 9.95. The molecule has 1 heterocycles. The number of cyclic esters (lactones) is 1. The minimum Gasteiger partial charge on any atom is -0.459 e. The zero-order chi connectivity index (χ0) is 19.0. The van der Waals surface area contributed by atoms with E-state index in [1.165, 1.54) is 39.2 Å².